The SMILES string of the molecule is COC(=O)c1cc(N)nc(N2CCN(C)C3(CCOCC3)C2)n1.O=CO. The zero-order valence-corrected chi connectivity index (χ0v) is 15.1. The van der Waals surface area contributed by atoms with Crippen molar-refractivity contribution in [1.82, 2.24) is 14.9 Å². The van der Waals surface area contributed by atoms with Crippen molar-refractivity contribution < 1.29 is 24.2 Å². The fourth-order valence-electron chi connectivity index (χ4n) is 3.33. The van der Waals surface area contributed by atoms with E-state index in [1.165, 1.54) is 13.2 Å². The van der Waals surface area contributed by atoms with Crippen LogP contribution in [0.25, 0.3) is 0 Å². The second-order valence-corrected chi connectivity index (χ2v) is 6.25. The molecule has 0 saturated carbocycles. The van der Waals surface area contributed by atoms with Gasteiger partial charge in [0.2, 0.25) is 5.95 Å². The number of methoxy groups -OCH3 is 1. The Hall–Kier alpha value is -2.46. The van der Waals surface area contributed by atoms with E-state index in [2.05, 4.69) is 26.8 Å². The van der Waals surface area contributed by atoms with Gasteiger partial charge in [-0.1, -0.05) is 0 Å². The van der Waals surface area contributed by atoms with Gasteiger partial charge in [-0.05, 0) is 19.9 Å². The van der Waals surface area contributed by atoms with Crippen molar-refractivity contribution >= 4 is 24.2 Å². The van der Waals surface area contributed by atoms with Gasteiger partial charge in [-0.3, -0.25) is 9.69 Å². The molecule has 10 heteroatoms. The second-order valence-electron chi connectivity index (χ2n) is 6.25. The number of carbonyl (C=O) groups excluding carboxylic acids is 1. The van der Waals surface area contributed by atoms with Gasteiger partial charge in [0.25, 0.3) is 6.47 Å². The molecule has 0 aromatic carbocycles. The number of nitrogen functional groups attached to an aromatic ring is 1. The van der Waals surface area contributed by atoms with E-state index in [1.807, 2.05) is 0 Å². The van der Waals surface area contributed by atoms with Crippen LogP contribution in [0.15, 0.2) is 6.07 Å². The molecule has 1 aromatic rings. The Morgan fingerprint density at radius 2 is 2.04 bits per heavy atom. The van der Waals surface area contributed by atoms with E-state index in [0.717, 1.165) is 45.7 Å². The third-order valence-corrected chi connectivity index (χ3v) is 4.84. The normalized spacial score (nSPS) is 19.4. The number of aromatic nitrogens is 2. The van der Waals surface area contributed by atoms with Crippen molar-refractivity contribution in [3.8, 4) is 0 Å². The predicted molar refractivity (Wildman–Crippen MR) is 94.1 cm³/mol. The van der Waals surface area contributed by atoms with Gasteiger partial charge in [-0.15, -0.1) is 0 Å². The quantitative estimate of drug-likeness (QED) is 0.537. The molecule has 1 spiro atoms. The molecular formula is C16H25N5O5. The monoisotopic (exact) mass is 367 g/mol. The van der Waals surface area contributed by atoms with E-state index >= 15 is 0 Å². The summed E-state index contributed by atoms with van der Waals surface area (Å²) >= 11 is 0. The Labute approximate surface area is 151 Å². The summed E-state index contributed by atoms with van der Waals surface area (Å²) in [7, 11) is 3.48. The number of nitrogens with zero attached hydrogens (tertiary/aromatic N) is 4. The van der Waals surface area contributed by atoms with Crippen LogP contribution in [0.4, 0.5) is 11.8 Å². The second kappa shape index (κ2) is 8.77. The number of nitrogens with two attached hydrogens (primary N) is 1. The van der Waals surface area contributed by atoms with Crippen molar-refractivity contribution in [2.24, 2.45) is 0 Å². The maximum Gasteiger partial charge on any atom is 0.356 e. The minimum absolute atomic E-state index is 0.0654. The van der Waals surface area contributed by atoms with E-state index in [1.54, 1.807) is 0 Å². The molecule has 2 saturated heterocycles. The van der Waals surface area contributed by atoms with E-state index in [0.29, 0.717) is 5.95 Å². The summed E-state index contributed by atoms with van der Waals surface area (Å²) in [5.41, 5.74) is 6.10. The summed E-state index contributed by atoms with van der Waals surface area (Å²) in [5, 5.41) is 6.89. The molecule has 144 valence electrons. The Morgan fingerprint density at radius 3 is 2.65 bits per heavy atom. The molecule has 0 unspecified atom stereocenters. The summed E-state index contributed by atoms with van der Waals surface area (Å²) in [4.78, 5) is 33.3. The van der Waals surface area contributed by atoms with Crippen molar-refractivity contribution in [2.75, 3.05) is 57.6 Å². The highest BCUT2D eigenvalue weighted by atomic mass is 16.5. The Balaban J connectivity index is 0.000000758. The summed E-state index contributed by atoms with van der Waals surface area (Å²) in [5.74, 6) is 0.259. The van der Waals surface area contributed by atoms with Crippen LogP contribution in [0, 0.1) is 0 Å². The van der Waals surface area contributed by atoms with Gasteiger partial charge in [-0.2, -0.15) is 4.98 Å². The first kappa shape index (κ1) is 19.9. The van der Waals surface area contributed by atoms with Crippen molar-refractivity contribution in [2.45, 2.75) is 18.4 Å². The third kappa shape index (κ3) is 4.38. The molecule has 2 fully saturated rings. The van der Waals surface area contributed by atoms with Crippen LogP contribution in [0.5, 0.6) is 0 Å². The van der Waals surface area contributed by atoms with Crippen molar-refractivity contribution in [3.63, 3.8) is 0 Å². The van der Waals surface area contributed by atoms with Crippen LogP contribution in [0.1, 0.15) is 23.3 Å². The Kier molecular flexibility index (Phi) is 6.70. The van der Waals surface area contributed by atoms with Gasteiger partial charge in [0.1, 0.15) is 5.82 Å². The molecule has 3 heterocycles. The summed E-state index contributed by atoms with van der Waals surface area (Å²) in [6.07, 6.45) is 1.96. The molecule has 3 N–H and O–H groups in total. The molecule has 26 heavy (non-hydrogen) atoms. The van der Waals surface area contributed by atoms with Gasteiger partial charge < -0.3 is 25.2 Å². The van der Waals surface area contributed by atoms with Crippen LogP contribution < -0.4 is 10.6 Å². The number of carbonyl (C=O) groups is 2. The fourth-order valence-corrected chi connectivity index (χ4v) is 3.33. The molecule has 0 atom stereocenters. The topological polar surface area (TPSA) is 131 Å². The molecule has 0 aliphatic carbocycles. The van der Waals surface area contributed by atoms with Gasteiger partial charge in [0.05, 0.1) is 7.11 Å². The van der Waals surface area contributed by atoms with Gasteiger partial charge in [0.15, 0.2) is 5.69 Å². The molecule has 0 radical (unpaired) electrons. The smallest absolute Gasteiger partial charge is 0.356 e. The summed E-state index contributed by atoms with van der Waals surface area (Å²) in [6.45, 7) is 3.79. The number of hydrogen-bond donors (Lipinski definition) is 2. The maximum atomic E-state index is 11.7. The lowest BCUT2D eigenvalue weighted by atomic mass is 9.86. The summed E-state index contributed by atoms with van der Waals surface area (Å²) < 4.78 is 10.2. The first-order chi connectivity index (χ1) is 12.5. The van der Waals surface area contributed by atoms with Crippen LogP contribution in [0.3, 0.4) is 0 Å². The zero-order valence-electron chi connectivity index (χ0n) is 15.1. The van der Waals surface area contributed by atoms with E-state index < -0.39 is 5.97 Å². The van der Waals surface area contributed by atoms with Gasteiger partial charge in [0, 0.05) is 44.5 Å². The number of esters is 1. The molecule has 0 bridgehead atoms. The first-order valence-corrected chi connectivity index (χ1v) is 8.30. The van der Waals surface area contributed by atoms with Crippen molar-refractivity contribution in [3.05, 3.63) is 11.8 Å². The molecule has 2 aliphatic heterocycles. The molecular weight excluding hydrogens is 342 g/mol. The fraction of sp³-hybridized carbons (Fsp3) is 0.625. The van der Waals surface area contributed by atoms with Crippen LogP contribution in [0.2, 0.25) is 0 Å². The highest BCUT2D eigenvalue weighted by Crippen LogP contribution is 2.32. The molecule has 2 aliphatic rings. The van der Waals surface area contributed by atoms with E-state index in [-0.39, 0.29) is 23.5 Å². The number of likely N-dealkylation sites (N-methyl/N-ethyl adjacent to an activating group) is 1. The molecule has 1 aromatic heterocycles. The van der Waals surface area contributed by atoms with Crippen molar-refractivity contribution in [1.29, 1.82) is 0 Å². The number of hydrogen-bond acceptors (Lipinski definition) is 9. The van der Waals surface area contributed by atoms with Crippen LogP contribution in [-0.4, -0.2) is 85.0 Å². The molecule has 3 rings (SSSR count). The molecule has 0 amide bonds. The first-order valence-electron chi connectivity index (χ1n) is 8.30. The standard InChI is InChI=1S/C15H23N5O3.CH2O2/c1-19-5-6-20(10-15(19)3-7-23-8-4-15)14-17-11(13(21)22-2)9-12(16)18-14;2-1-3/h9H,3-8,10H2,1-2H3,(H2,16,17,18);1H,(H,2,3). The number of rotatable bonds is 2. The zero-order chi connectivity index (χ0) is 19.2. The lowest BCUT2D eigenvalue weighted by Gasteiger charge is -2.51. The highest BCUT2D eigenvalue weighted by molar-refractivity contribution is 5.88. The highest BCUT2D eigenvalue weighted by Gasteiger charge is 2.41. The van der Waals surface area contributed by atoms with E-state index in [4.69, 9.17) is 25.1 Å². The van der Waals surface area contributed by atoms with Crippen LogP contribution in [-0.2, 0) is 14.3 Å². The summed E-state index contributed by atoms with van der Waals surface area (Å²) in [6, 6.07) is 1.44. The lowest BCUT2D eigenvalue weighted by Crippen LogP contribution is -2.63. The number of piperazine rings is 1. The third-order valence-electron chi connectivity index (χ3n) is 4.84. The largest absolute Gasteiger partial charge is 0.483 e. The minimum atomic E-state index is -0.504. The maximum absolute atomic E-state index is 11.7. The predicted octanol–water partition coefficient (Wildman–Crippen LogP) is -0.153. The number of ether oxygens (including phenoxy) is 2. The Bertz CT molecular complexity index is 635. The minimum Gasteiger partial charge on any atom is -0.483 e. The Morgan fingerprint density at radius 1 is 1.38 bits per heavy atom. The van der Waals surface area contributed by atoms with Crippen LogP contribution >= 0.6 is 0 Å². The lowest BCUT2D eigenvalue weighted by molar-refractivity contribution is -0.122. The number of carboxylic acid groups (broad SMARTS) is 1. The van der Waals surface area contributed by atoms with E-state index in [9.17, 15) is 4.79 Å². The number of anilines is 2. The molecule has 10 nitrogen and oxygen atoms in total. The van der Waals surface area contributed by atoms with Gasteiger partial charge in [-0.25, -0.2) is 9.78 Å². The average molecular weight is 367 g/mol. The van der Waals surface area contributed by atoms with Gasteiger partial charge >= 0.3 is 5.97 Å². The average Bonchev–Trinajstić information content (AvgIpc) is 2.64.